The fourth-order valence-corrected chi connectivity index (χ4v) is 5.83. The first-order valence-corrected chi connectivity index (χ1v) is 13.1. The van der Waals surface area contributed by atoms with Gasteiger partial charge in [0.25, 0.3) is 0 Å². The van der Waals surface area contributed by atoms with Gasteiger partial charge in [0, 0.05) is 62.4 Å². The van der Waals surface area contributed by atoms with Crippen molar-refractivity contribution >= 4 is 27.0 Å². The molecular weight excluding hydrogens is 514 g/mol. The van der Waals surface area contributed by atoms with Crippen LogP contribution >= 0.6 is 15.8 Å². The molecular formula is C16H24N5OsP2+2. The van der Waals surface area contributed by atoms with Crippen LogP contribution in [0.15, 0.2) is 36.9 Å². The molecule has 0 unspecified atom stereocenters. The Morgan fingerprint density at radius 1 is 1.00 bits per heavy atom. The Hall–Kier alpha value is -0.804. The summed E-state index contributed by atoms with van der Waals surface area (Å²) in [5, 5.41) is 0. The van der Waals surface area contributed by atoms with Gasteiger partial charge in [-0.3, -0.25) is 9.97 Å². The van der Waals surface area contributed by atoms with Crippen LogP contribution in [-0.4, -0.2) is 58.9 Å². The smallest absolute Gasteiger partial charge is 0.357 e. The third-order valence-corrected chi connectivity index (χ3v) is 6.13. The second-order valence-electron chi connectivity index (χ2n) is 5.91. The van der Waals surface area contributed by atoms with E-state index in [1.54, 1.807) is 12.4 Å². The molecule has 5 nitrogen and oxygen atoms in total. The van der Waals surface area contributed by atoms with Crippen LogP contribution in [0.25, 0.3) is 22.7 Å². The van der Waals surface area contributed by atoms with E-state index >= 15 is 0 Å². The molecule has 0 amide bonds. The number of hydrogen-bond acceptors (Lipinski definition) is 4. The van der Waals surface area contributed by atoms with Crippen molar-refractivity contribution in [2.75, 3.05) is 39.0 Å². The predicted molar refractivity (Wildman–Crippen MR) is 104 cm³/mol. The third kappa shape index (κ3) is 6.98. The molecule has 0 aliphatic rings. The molecule has 3 rings (SSSR count). The average molecular weight is 539 g/mol. The van der Waals surface area contributed by atoms with E-state index in [1.807, 2.05) is 18.2 Å². The molecule has 0 aromatic carbocycles. The molecule has 0 aliphatic heterocycles. The molecule has 3 aromatic rings. The van der Waals surface area contributed by atoms with Gasteiger partial charge in [-0.25, -0.2) is 0 Å². The number of imidazole rings is 1. The Kier molecular flexibility index (Phi) is 9.68. The van der Waals surface area contributed by atoms with Gasteiger partial charge < -0.3 is 15.0 Å². The van der Waals surface area contributed by atoms with Crippen molar-refractivity contribution in [1.29, 1.82) is 0 Å². The number of fused-ring (bicyclic) bond motifs is 1. The van der Waals surface area contributed by atoms with E-state index in [1.165, 1.54) is 18.7 Å². The van der Waals surface area contributed by atoms with Crippen molar-refractivity contribution in [2.45, 2.75) is 0 Å². The number of rotatable bonds is 4. The van der Waals surface area contributed by atoms with Crippen LogP contribution in [0.5, 0.6) is 0 Å². The fraction of sp³-hybridized carbons (Fsp3) is 0.375. The SMILES string of the molecule is C[PH+](C)CC[PH+](C)C.[Os+].c1ccc(-c2nc3cncnc3[n-]2)nc1. The molecule has 0 aliphatic carbocycles. The van der Waals surface area contributed by atoms with E-state index in [0.717, 1.165) is 5.69 Å². The summed E-state index contributed by atoms with van der Waals surface area (Å²) in [6.45, 7) is 9.59. The van der Waals surface area contributed by atoms with E-state index in [4.69, 9.17) is 0 Å². The Bertz CT molecular complexity index is 678. The van der Waals surface area contributed by atoms with Gasteiger partial charge in [0.1, 0.15) is 0 Å². The van der Waals surface area contributed by atoms with E-state index in [9.17, 15) is 0 Å². The summed E-state index contributed by atoms with van der Waals surface area (Å²) in [6.07, 6.45) is 7.88. The van der Waals surface area contributed by atoms with Crippen LogP contribution in [0.1, 0.15) is 0 Å². The summed E-state index contributed by atoms with van der Waals surface area (Å²) in [4.78, 5) is 20.6. The monoisotopic (exact) mass is 540 g/mol. The minimum atomic E-state index is 0. The van der Waals surface area contributed by atoms with Gasteiger partial charge in [-0.05, 0) is 28.0 Å². The standard InChI is InChI=1S/C10H6N5.C6H16P2.Os/c1-2-4-12-7(3-1)10-14-8-5-11-6-13-9(8)15-10;1-7(2)5-6-8(3)4;/h1-6H;5-6H2,1-4H3;/q-1;;+1/p+2. The number of pyridine rings is 1. The van der Waals surface area contributed by atoms with Crippen LogP contribution in [0.4, 0.5) is 0 Å². The van der Waals surface area contributed by atoms with E-state index in [0.29, 0.717) is 17.0 Å². The van der Waals surface area contributed by atoms with Gasteiger partial charge in [-0.2, -0.15) is 0 Å². The minimum Gasteiger partial charge on any atom is -0.357 e. The molecule has 0 saturated heterocycles. The van der Waals surface area contributed by atoms with E-state index in [-0.39, 0.29) is 35.6 Å². The first-order valence-electron chi connectivity index (χ1n) is 7.66. The van der Waals surface area contributed by atoms with Crippen LogP contribution in [0, 0.1) is 0 Å². The Labute approximate surface area is 159 Å². The van der Waals surface area contributed by atoms with Crippen molar-refractivity contribution in [3.8, 4) is 11.5 Å². The van der Waals surface area contributed by atoms with Gasteiger partial charge in [0.05, 0.1) is 18.0 Å². The zero-order valence-corrected chi connectivity index (χ0v) is 19.0. The fourth-order valence-electron chi connectivity index (χ4n) is 1.83. The molecule has 0 spiro atoms. The predicted octanol–water partition coefficient (Wildman–Crippen LogP) is 2.98. The quantitative estimate of drug-likeness (QED) is 0.478. The summed E-state index contributed by atoms with van der Waals surface area (Å²) in [5.74, 6) is 0.589. The Morgan fingerprint density at radius 2 is 1.71 bits per heavy atom. The number of aromatic nitrogens is 5. The third-order valence-electron chi connectivity index (χ3n) is 3.13. The Balaban J connectivity index is 0.000000279. The molecule has 8 heteroatoms. The van der Waals surface area contributed by atoms with Crippen LogP contribution in [-0.2, 0) is 19.8 Å². The van der Waals surface area contributed by atoms with Crippen molar-refractivity contribution in [3.05, 3.63) is 36.9 Å². The Morgan fingerprint density at radius 3 is 2.25 bits per heavy atom. The number of nitrogens with zero attached hydrogens (tertiary/aromatic N) is 5. The molecule has 0 atom stereocenters. The second kappa shape index (κ2) is 10.9. The molecule has 0 bridgehead atoms. The van der Waals surface area contributed by atoms with E-state index in [2.05, 4.69) is 51.6 Å². The minimum absolute atomic E-state index is 0. The molecule has 3 heterocycles. The van der Waals surface area contributed by atoms with Crippen LogP contribution in [0.2, 0.25) is 0 Å². The maximum absolute atomic E-state index is 4.28. The second-order valence-corrected chi connectivity index (χ2v) is 11.7. The first-order chi connectivity index (χ1) is 11.1. The molecule has 129 valence electrons. The molecule has 0 fully saturated rings. The molecule has 0 saturated carbocycles. The maximum Gasteiger partial charge on any atom is 1.00 e. The zero-order valence-electron chi connectivity index (χ0n) is 14.5. The summed E-state index contributed by atoms with van der Waals surface area (Å²) in [5.41, 5.74) is 2.04. The van der Waals surface area contributed by atoms with Crippen molar-refractivity contribution in [3.63, 3.8) is 0 Å². The van der Waals surface area contributed by atoms with Crippen molar-refractivity contribution < 1.29 is 19.8 Å². The first kappa shape index (κ1) is 21.2. The molecule has 1 radical (unpaired) electrons. The normalized spacial score (nSPS) is 10.4. The van der Waals surface area contributed by atoms with Crippen molar-refractivity contribution in [2.24, 2.45) is 0 Å². The van der Waals surface area contributed by atoms with Crippen molar-refractivity contribution in [1.82, 2.24) is 24.9 Å². The summed E-state index contributed by atoms with van der Waals surface area (Å²) < 4.78 is 0. The number of hydrogen-bond donors (Lipinski definition) is 0. The molecule has 24 heavy (non-hydrogen) atoms. The van der Waals surface area contributed by atoms with Crippen LogP contribution in [0.3, 0.4) is 0 Å². The maximum atomic E-state index is 4.28. The van der Waals surface area contributed by atoms with Gasteiger partial charge in [-0.15, -0.1) is 0 Å². The van der Waals surface area contributed by atoms with Gasteiger partial charge in [0.15, 0.2) is 0 Å². The summed E-state index contributed by atoms with van der Waals surface area (Å²) in [6, 6.07) is 5.61. The summed E-state index contributed by atoms with van der Waals surface area (Å²) in [7, 11) is 0.191. The zero-order chi connectivity index (χ0) is 16.7. The largest absolute Gasteiger partial charge is 1.00 e. The average Bonchev–Trinajstić information content (AvgIpc) is 2.98. The van der Waals surface area contributed by atoms with Gasteiger partial charge >= 0.3 is 19.8 Å². The summed E-state index contributed by atoms with van der Waals surface area (Å²) >= 11 is 0. The van der Waals surface area contributed by atoms with Gasteiger partial charge in [0.2, 0.25) is 0 Å². The van der Waals surface area contributed by atoms with E-state index < -0.39 is 0 Å². The topological polar surface area (TPSA) is 65.7 Å². The molecule has 0 N–H and O–H groups in total. The van der Waals surface area contributed by atoms with Gasteiger partial charge in [-0.1, -0.05) is 6.07 Å². The van der Waals surface area contributed by atoms with Crippen LogP contribution < -0.4 is 4.98 Å². The molecule has 3 aromatic heterocycles.